The molecule has 3 rings (SSSR count). The Morgan fingerprint density at radius 2 is 1.95 bits per heavy atom. The molecular weight excluding hydrogens is 250 g/mol. The summed E-state index contributed by atoms with van der Waals surface area (Å²) in [4.78, 5) is 13.7. The highest BCUT2D eigenvalue weighted by atomic mass is 15.3. The molecule has 0 spiro atoms. The molecule has 1 aliphatic rings. The predicted molar refractivity (Wildman–Crippen MR) is 79.1 cm³/mol. The average molecular weight is 269 g/mol. The third-order valence-corrected chi connectivity index (χ3v) is 3.71. The SMILES string of the molecule is Cc1ccc(-c2nc3c(c(NN)n2)CCCCC3)nc1. The highest BCUT2D eigenvalue weighted by molar-refractivity contribution is 5.56. The summed E-state index contributed by atoms with van der Waals surface area (Å²) in [5, 5.41) is 0. The first kappa shape index (κ1) is 13.0. The maximum Gasteiger partial charge on any atom is 0.180 e. The average Bonchev–Trinajstić information content (AvgIpc) is 2.72. The second kappa shape index (κ2) is 5.54. The molecule has 3 N–H and O–H groups in total. The van der Waals surface area contributed by atoms with Crippen LogP contribution in [-0.4, -0.2) is 15.0 Å². The number of nitrogens with one attached hydrogen (secondary N) is 1. The number of rotatable bonds is 2. The Kier molecular flexibility index (Phi) is 3.60. The number of nitrogens with two attached hydrogens (primary N) is 1. The van der Waals surface area contributed by atoms with Crippen molar-refractivity contribution in [1.29, 1.82) is 0 Å². The molecule has 0 atom stereocenters. The number of nitrogen functional groups attached to an aromatic ring is 1. The Labute approximate surface area is 118 Å². The van der Waals surface area contributed by atoms with Crippen molar-refractivity contribution in [2.24, 2.45) is 5.84 Å². The predicted octanol–water partition coefficient (Wildman–Crippen LogP) is 2.40. The molecule has 1 aliphatic carbocycles. The van der Waals surface area contributed by atoms with Crippen LogP contribution in [0.3, 0.4) is 0 Å². The van der Waals surface area contributed by atoms with Crippen LogP contribution in [-0.2, 0) is 12.8 Å². The Morgan fingerprint density at radius 1 is 1.10 bits per heavy atom. The van der Waals surface area contributed by atoms with Crippen LogP contribution in [0.25, 0.3) is 11.5 Å². The zero-order valence-corrected chi connectivity index (χ0v) is 11.7. The zero-order valence-electron chi connectivity index (χ0n) is 11.7. The molecule has 0 aromatic carbocycles. The van der Waals surface area contributed by atoms with Crippen molar-refractivity contribution in [2.45, 2.75) is 39.0 Å². The monoisotopic (exact) mass is 269 g/mol. The smallest absolute Gasteiger partial charge is 0.180 e. The Hall–Kier alpha value is -2.01. The van der Waals surface area contributed by atoms with Crippen LogP contribution in [0, 0.1) is 6.92 Å². The highest BCUT2D eigenvalue weighted by Gasteiger charge is 2.17. The number of nitrogens with zero attached hydrogens (tertiary/aromatic N) is 3. The second-order valence-corrected chi connectivity index (χ2v) is 5.25. The molecule has 2 heterocycles. The summed E-state index contributed by atoms with van der Waals surface area (Å²) >= 11 is 0. The van der Waals surface area contributed by atoms with Gasteiger partial charge in [0, 0.05) is 17.5 Å². The molecule has 0 fully saturated rings. The topological polar surface area (TPSA) is 76.7 Å². The molecule has 2 aromatic heterocycles. The number of hydrazine groups is 1. The van der Waals surface area contributed by atoms with Crippen LogP contribution in [0.5, 0.6) is 0 Å². The number of anilines is 1. The van der Waals surface area contributed by atoms with E-state index in [0.717, 1.165) is 35.6 Å². The molecule has 104 valence electrons. The summed E-state index contributed by atoms with van der Waals surface area (Å²) in [6.45, 7) is 2.02. The maximum absolute atomic E-state index is 5.64. The van der Waals surface area contributed by atoms with Gasteiger partial charge in [-0.05, 0) is 44.2 Å². The van der Waals surface area contributed by atoms with Gasteiger partial charge < -0.3 is 5.43 Å². The third kappa shape index (κ3) is 2.49. The van der Waals surface area contributed by atoms with Gasteiger partial charge in [0.25, 0.3) is 0 Å². The lowest BCUT2D eigenvalue weighted by molar-refractivity contribution is 0.709. The van der Waals surface area contributed by atoms with E-state index in [4.69, 9.17) is 10.8 Å². The lowest BCUT2D eigenvalue weighted by atomic mass is 10.1. The van der Waals surface area contributed by atoms with Crippen molar-refractivity contribution < 1.29 is 0 Å². The van der Waals surface area contributed by atoms with Gasteiger partial charge in [-0.15, -0.1) is 0 Å². The summed E-state index contributed by atoms with van der Waals surface area (Å²) < 4.78 is 0. The van der Waals surface area contributed by atoms with E-state index in [1.807, 2.05) is 25.3 Å². The molecule has 2 aromatic rings. The van der Waals surface area contributed by atoms with Gasteiger partial charge in [-0.2, -0.15) is 0 Å². The van der Waals surface area contributed by atoms with Gasteiger partial charge in [0.05, 0.1) is 0 Å². The number of aryl methyl sites for hydroxylation is 2. The largest absolute Gasteiger partial charge is 0.308 e. The van der Waals surface area contributed by atoms with Gasteiger partial charge in [0.2, 0.25) is 0 Å². The number of hydrogen-bond donors (Lipinski definition) is 2. The van der Waals surface area contributed by atoms with Gasteiger partial charge in [0.1, 0.15) is 11.5 Å². The van der Waals surface area contributed by atoms with Gasteiger partial charge in [-0.3, -0.25) is 4.98 Å². The van der Waals surface area contributed by atoms with Crippen molar-refractivity contribution in [1.82, 2.24) is 15.0 Å². The Balaban J connectivity index is 2.08. The van der Waals surface area contributed by atoms with E-state index in [-0.39, 0.29) is 0 Å². The van der Waals surface area contributed by atoms with Crippen molar-refractivity contribution in [3.05, 3.63) is 35.2 Å². The lowest BCUT2D eigenvalue weighted by Crippen LogP contribution is -2.14. The van der Waals surface area contributed by atoms with Crippen molar-refractivity contribution >= 4 is 5.82 Å². The van der Waals surface area contributed by atoms with E-state index < -0.39 is 0 Å². The van der Waals surface area contributed by atoms with Crippen molar-refractivity contribution in [3.63, 3.8) is 0 Å². The summed E-state index contributed by atoms with van der Waals surface area (Å²) in [6.07, 6.45) is 7.40. The molecule has 20 heavy (non-hydrogen) atoms. The van der Waals surface area contributed by atoms with Crippen LogP contribution >= 0.6 is 0 Å². The van der Waals surface area contributed by atoms with Gasteiger partial charge in [-0.1, -0.05) is 12.5 Å². The molecule has 0 saturated heterocycles. The zero-order chi connectivity index (χ0) is 13.9. The van der Waals surface area contributed by atoms with Crippen molar-refractivity contribution in [3.8, 4) is 11.5 Å². The van der Waals surface area contributed by atoms with Gasteiger partial charge in [-0.25, -0.2) is 15.8 Å². The first-order chi connectivity index (χ1) is 9.78. The van der Waals surface area contributed by atoms with Gasteiger partial charge in [0.15, 0.2) is 5.82 Å². The summed E-state index contributed by atoms with van der Waals surface area (Å²) in [5.41, 5.74) is 6.92. The first-order valence-corrected chi connectivity index (χ1v) is 7.07. The van der Waals surface area contributed by atoms with E-state index in [2.05, 4.69) is 15.4 Å². The molecular formula is C15H19N5. The Morgan fingerprint density at radius 3 is 2.70 bits per heavy atom. The van der Waals surface area contributed by atoms with Crippen LogP contribution in [0.2, 0.25) is 0 Å². The van der Waals surface area contributed by atoms with Crippen LogP contribution in [0.1, 0.15) is 36.1 Å². The number of hydrogen-bond acceptors (Lipinski definition) is 5. The van der Waals surface area contributed by atoms with Crippen LogP contribution in [0.4, 0.5) is 5.82 Å². The highest BCUT2D eigenvalue weighted by Crippen LogP contribution is 2.26. The second-order valence-electron chi connectivity index (χ2n) is 5.25. The molecule has 0 unspecified atom stereocenters. The number of pyridine rings is 1. The first-order valence-electron chi connectivity index (χ1n) is 7.07. The van der Waals surface area contributed by atoms with E-state index in [9.17, 15) is 0 Å². The minimum Gasteiger partial charge on any atom is -0.308 e. The number of fused-ring (bicyclic) bond motifs is 1. The molecule has 5 nitrogen and oxygen atoms in total. The summed E-state index contributed by atoms with van der Waals surface area (Å²) in [7, 11) is 0. The lowest BCUT2D eigenvalue weighted by Gasteiger charge is -2.12. The fraction of sp³-hybridized carbons (Fsp3) is 0.400. The molecule has 0 amide bonds. The van der Waals surface area contributed by atoms with Gasteiger partial charge >= 0.3 is 0 Å². The summed E-state index contributed by atoms with van der Waals surface area (Å²) in [5.74, 6) is 7.03. The minimum absolute atomic E-state index is 0.651. The molecule has 0 aliphatic heterocycles. The standard InChI is InChI=1S/C15H19N5/c1-10-7-8-13(17-9-10)15-18-12-6-4-2-3-5-11(12)14(19-15)20-16/h7-9H,2-6,16H2,1H3,(H,18,19,20). The quantitative estimate of drug-likeness (QED) is 0.497. The fourth-order valence-electron chi connectivity index (χ4n) is 2.60. The van der Waals surface area contributed by atoms with Crippen molar-refractivity contribution in [2.75, 3.05) is 5.43 Å². The molecule has 0 radical (unpaired) electrons. The van der Waals surface area contributed by atoms with E-state index in [1.54, 1.807) is 0 Å². The molecule has 5 heteroatoms. The minimum atomic E-state index is 0.651. The molecule has 0 bridgehead atoms. The summed E-state index contributed by atoms with van der Waals surface area (Å²) in [6, 6.07) is 3.97. The van der Waals surface area contributed by atoms with Crippen LogP contribution < -0.4 is 11.3 Å². The Bertz CT molecular complexity index is 606. The van der Waals surface area contributed by atoms with Crippen LogP contribution in [0.15, 0.2) is 18.3 Å². The molecule has 0 saturated carbocycles. The van der Waals surface area contributed by atoms with E-state index >= 15 is 0 Å². The third-order valence-electron chi connectivity index (χ3n) is 3.71. The van der Waals surface area contributed by atoms with E-state index in [1.165, 1.54) is 24.8 Å². The maximum atomic E-state index is 5.64. The number of aromatic nitrogens is 3. The van der Waals surface area contributed by atoms with E-state index in [0.29, 0.717) is 5.82 Å². The fourth-order valence-corrected chi connectivity index (χ4v) is 2.60. The normalized spacial score (nSPS) is 14.5.